The molecule has 0 atom stereocenters. The summed E-state index contributed by atoms with van der Waals surface area (Å²) in [5.74, 6) is 0.546. The van der Waals surface area contributed by atoms with Gasteiger partial charge in [0, 0.05) is 17.6 Å². The zero-order chi connectivity index (χ0) is 15.6. The summed E-state index contributed by atoms with van der Waals surface area (Å²) in [7, 11) is -3.57. The van der Waals surface area contributed by atoms with E-state index in [9.17, 15) is 8.42 Å². The van der Waals surface area contributed by atoms with Gasteiger partial charge in [-0.15, -0.1) is 11.3 Å². The fraction of sp³-hybridized carbons (Fsp3) is 0.0714. The third kappa shape index (κ3) is 3.38. The number of halogens is 1. The van der Waals surface area contributed by atoms with Crippen molar-refractivity contribution in [1.29, 1.82) is 0 Å². The topological polar surface area (TPSA) is 72.2 Å². The van der Waals surface area contributed by atoms with Crippen LogP contribution in [0.2, 0.25) is 5.02 Å². The molecule has 3 aromatic rings. The minimum atomic E-state index is -3.57. The van der Waals surface area contributed by atoms with E-state index in [1.807, 2.05) is 0 Å². The third-order valence-electron chi connectivity index (χ3n) is 2.91. The molecule has 0 amide bonds. The number of nitrogens with one attached hydrogen (secondary N) is 1. The van der Waals surface area contributed by atoms with Crippen molar-refractivity contribution in [3.8, 4) is 10.6 Å². The summed E-state index contributed by atoms with van der Waals surface area (Å²) >= 11 is 6.93. The van der Waals surface area contributed by atoms with Crippen molar-refractivity contribution in [2.24, 2.45) is 0 Å². The van der Waals surface area contributed by atoms with Crippen molar-refractivity contribution < 1.29 is 12.9 Å². The highest BCUT2D eigenvalue weighted by Gasteiger charge is 2.18. The highest BCUT2D eigenvalue weighted by atomic mass is 35.5. The summed E-state index contributed by atoms with van der Waals surface area (Å²) < 4.78 is 32.4. The maximum absolute atomic E-state index is 12.3. The predicted octanol–water partition coefficient (Wildman–Crippen LogP) is 3.54. The van der Waals surface area contributed by atoms with Crippen molar-refractivity contribution in [3.05, 3.63) is 59.2 Å². The minimum absolute atomic E-state index is 0.203. The quantitative estimate of drug-likeness (QED) is 0.760. The molecule has 0 saturated carbocycles. The Kier molecular flexibility index (Phi) is 4.30. The SMILES string of the molecule is O=S(=O)(NCc1ccc(Cl)cc1)c1ccc(-c2ccno2)s1. The van der Waals surface area contributed by atoms with Gasteiger partial charge in [0.15, 0.2) is 5.76 Å². The largest absolute Gasteiger partial charge is 0.355 e. The second kappa shape index (κ2) is 6.21. The van der Waals surface area contributed by atoms with E-state index >= 15 is 0 Å². The molecule has 0 bridgehead atoms. The standard InChI is InChI=1S/C14H11ClN2O3S2/c15-11-3-1-10(2-4-11)9-17-22(18,19)14-6-5-13(21-14)12-7-8-16-20-12/h1-8,17H,9H2. The molecule has 1 aromatic carbocycles. The Bertz CT molecular complexity index is 856. The molecule has 8 heteroatoms. The first-order valence-corrected chi connectivity index (χ1v) is 8.97. The van der Waals surface area contributed by atoms with Gasteiger partial charge >= 0.3 is 0 Å². The van der Waals surface area contributed by atoms with Gasteiger partial charge in [-0.05, 0) is 29.8 Å². The van der Waals surface area contributed by atoms with Crippen LogP contribution < -0.4 is 4.72 Å². The lowest BCUT2D eigenvalue weighted by Crippen LogP contribution is -2.22. The number of hydrogen-bond acceptors (Lipinski definition) is 5. The number of rotatable bonds is 5. The van der Waals surface area contributed by atoms with Crippen LogP contribution in [0.25, 0.3) is 10.6 Å². The summed E-state index contributed by atoms with van der Waals surface area (Å²) in [4.78, 5) is 0.712. The first-order valence-electron chi connectivity index (χ1n) is 6.29. The van der Waals surface area contributed by atoms with E-state index in [4.69, 9.17) is 16.1 Å². The Hall–Kier alpha value is -1.67. The summed E-state index contributed by atoms with van der Waals surface area (Å²) in [5.41, 5.74) is 0.833. The van der Waals surface area contributed by atoms with Gasteiger partial charge in [-0.3, -0.25) is 0 Å². The molecule has 5 nitrogen and oxygen atoms in total. The average Bonchev–Trinajstić information content (AvgIpc) is 3.18. The molecular weight excluding hydrogens is 344 g/mol. The van der Waals surface area contributed by atoms with E-state index in [0.717, 1.165) is 16.9 Å². The van der Waals surface area contributed by atoms with Crippen molar-refractivity contribution in [3.63, 3.8) is 0 Å². The summed E-state index contributed by atoms with van der Waals surface area (Å²) in [6.45, 7) is 0.203. The van der Waals surface area contributed by atoms with Gasteiger partial charge in [-0.25, -0.2) is 13.1 Å². The molecule has 0 radical (unpaired) electrons. The minimum Gasteiger partial charge on any atom is -0.355 e. The number of nitrogens with zero attached hydrogens (tertiary/aromatic N) is 1. The van der Waals surface area contributed by atoms with E-state index < -0.39 is 10.0 Å². The maximum Gasteiger partial charge on any atom is 0.250 e. The average molecular weight is 355 g/mol. The maximum atomic E-state index is 12.3. The van der Waals surface area contributed by atoms with Crippen molar-refractivity contribution in [2.45, 2.75) is 10.8 Å². The molecule has 2 aromatic heterocycles. The van der Waals surface area contributed by atoms with E-state index in [-0.39, 0.29) is 10.8 Å². The van der Waals surface area contributed by atoms with E-state index in [1.165, 1.54) is 6.20 Å². The molecule has 0 spiro atoms. The number of benzene rings is 1. The van der Waals surface area contributed by atoms with Crippen LogP contribution >= 0.6 is 22.9 Å². The normalized spacial score (nSPS) is 11.7. The lowest BCUT2D eigenvalue weighted by molar-refractivity contribution is 0.433. The summed E-state index contributed by atoms with van der Waals surface area (Å²) in [5, 5.41) is 4.22. The van der Waals surface area contributed by atoms with Crippen LogP contribution in [0.5, 0.6) is 0 Å². The highest BCUT2D eigenvalue weighted by molar-refractivity contribution is 7.91. The summed E-state index contributed by atoms with van der Waals surface area (Å²) in [6.07, 6.45) is 1.52. The zero-order valence-electron chi connectivity index (χ0n) is 11.2. The number of thiophene rings is 1. The van der Waals surface area contributed by atoms with Gasteiger partial charge in [-0.2, -0.15) is 0 Å². The van der Waals surface area contributed by atoms with Crippen LogP contribution in [-0.4, -0.2) is 13.6 Å². The highest BCUT2D eigenvalue weighted by Crippen LogP contribution is 2.30. The monoisotopic (exact) mass is 354 g/mol. The van der Waals surface area contributed by atoms with Crippen LogP contribution in [0.3, 0.4) is 0 Å². The zero-order valence-corrected chi connectivity index (χ0v) is 13.6. The smallest absolute Gasteiger partial charge is 0.250 e. The molecule has 0 unspecified atom stereocenters. The molecule has 22 heavy (non-hydrogen) atoms. The van der Waals surface area contributed by atoms with Crippen molar-refractivity contribution in [2.75, 3.05) is 0 Å². The molecule has 0 aliphatic heterocycles. The molecule has 0 aliphatic carbocycles. The van der Waals surface area contributed by atoms with Crippen LogP contribution in [0.15, 0.2) is 57.4 Å². The molecule has 0 fully saturated rings. The Morgan fingerprint density at radius 1 is 1.14 bits per heavy atom. The second-order valence-corrected chi connectivity index (χ2v) is 7.96. The predicted molar refractivity (Wildman–Crippen MR) is 85.3 cm³/mol. The molecular formula is C14H11ClN2O3S2. The lowest BCUT2D eigenvalue weighted by atomic mass is 10.2. The Morgan fingerprint density at radius 3 is 2.59 bits per heavy atom. The van der Waals surface area contributed by atoms with Crippen molar-refractivity contribution >= 4 is 33.0 Å². The number of aromatic nitrogens is 1. The Balaban J connectivity index is 1.74. The van der Waals surface area contributed by atoms with Gasteiger partial charge in [0.25, 0.3) is 0 Å². The van der Waals surface area contributed by atoms with Gasteiger partial charge in [-0.1, -0.05) is 28.9 Å². The van der Waals surface area contributed by atoms with E-state index in [0.29, 0.717) is 15.7 Å². The van der Waals surface area contributed by atoms with Crippen molar-refractivity contribution in [1.82, 2.24) is 9.88 Å². The van der Waals surface area contributed by atoms with Crippen LogP contribution in [0.1, 0.15) is 5.56 Å². The lowest BCUT2D eigenvalue weighted by Gasteiger charge is -2.04. The second-order valence-electron chi connectivity index (χ2n) is 4.45. The Labute approximate surface area is 136 Å². The van der Waals surface area contributed by atoms with Gasteiger partial charge < -0.3 is 4.52 Å². The Morgan fingerprint density at radius 2 is 1.91 bits per heavy atom. The molecule has 0 aliphatic rings. The van der Waals surface area contributed by atoms with Gasteiger partial charge in [0.2, 0.25) is 10.0 Å². The van der Waals surface area contributed by atoms with E-state index in [2.05, 4.69) is 9.88 Å². The third-order valence-corrected chi connectivity index (χ3v) is 6.15. The van der Waals surface area contributed by atoms with E-state index in [1.54, 1.807) is 42.5 Å². The number of sulfonamides is 1. The first kappa shape index (κ1) is 15.2. The van der Waals surface area contributed by atoms with Crippen LogP contribution in [0.4, 0.5) is 0 Å². The van der Waals surface area contributed by atoms with Crippen LogP contribution in [-0.2, 0) is 16.6 Å². The molecule has 3 rings (SSSR count). The fourth-order valence-corrected chi connectivity index (χ4v) is 4.24. The molecule has 1 N–H and O–H groups in total. The molecule has 2 heterocycles. The first-order chi connectivity index (χ1) is 10.5. The van der Waals surface area contributed by atoms with Gasteiger partial charge in [0.05, 0.1) is 11.1 Å². The fourth-order valence-electron chi connectivity index (χ4n) is 1.79. The summed E-state index contributed by atoms with van der Waals surface area (Å²) in [6, 6.07) is 11.9. The number of hydrogen-bond donors (Lipinski definition) is 1. The van der Waals surface area contributed by atoms with Gasteiger partial charge in [0.1, 0.15) is 4.21 Å². The molecule has 0 saturated heterocycles. The van der Waals surface area contributed by atoms with Crippen LogP contribution in [0, 0.1) is 0 Å². The molecule has 114 valence electrons.